The summed E-state index contributed by atoms with van der Waals surface area (Å²) >= 11 is 0. The van der Waals surface area contributed by atoms with Gasteiger partial charge in [0.25, 0.3) is 0 Å². The van der Waals surface area contributed by atoms with Crippen molar-refractivity contribution in [1.29, 1.82) is 0 Å². The molecule has 0 spiro atoms. The third kappa shape index (κ3) is 3.87. The summed E-state index contributed by atoms with van der Waals surface area (Å²) in [7, 11) is 1.65. The van der Waals surface area contributed by atoms with Crippen molar-refractivity contribution in [3.05, 3.63) is 36.4 Å². The van der Waals surface area contributed by atoms with Gasteiger partial charge in [0.2, 0.25) is 5.88 Å². The van der Waals surface area contributed by atoms with E-state index in [2.05, 4.69) is 30.0 Å². The van der Waals surface area contributed by atoms with E-state index in [-0.39, 0.29) is 0 Å². The standard InChI is InChI=1S/C18H24N6O/c1-25-18-10-17(19-13-20-18)24(15-2-3-15)16-5-8-23(9-6-16)12-14-4-7-21-22-11-14/h4,7,10-11,13,15-16H,2-3,5-6,8-9,12H2,1H3. The molecular formula is C18H24N6O. The van der Waals surface area contributed by atoms with Gasteiger partial charge in [-0.05, 0) is 37.3 Å². The molecule has 0 unspecified atom stereocenters. The second-order valence-corrected chi connectivity index (χ2v) is 6.82. The van der Waals surface area contributed by atoms with Crippen molar-refractivity contribution in [2.75, 3.05) is 25.1 Å². The van der Waals surface area contributed by atoms with Crippen LogP contribution in [0.3, 0.4) is 0 Å². The van der Waals surface area contributed by atoms with Gasteiger partial charge in [-0.2, -0.15) is 10.2 Å². The van der Waals surface area contributed by atoms with Crippen molar-refractivity contribution in [1.82, 2.24) is 25.1 Å². The minimum atomic E-state index is 0.541. The van der Waals surface area contributed by atoms with Crippen LogP contribution in [-0.2, 0) is 6.54 Å². The fourth-order valence-corrected chi connectivity index (χ4v) is 3.63. The minimum Gasteiger partial charge on any atom is -0.481 e. The second kappa shape index (κ2) is 7.31. The Labute approximate surface area is 148 Å². The van der Waals surface area contributed by atoms with Gasteiger partial charge in [-0.25, -0.2) is 9.97 Å². The first-order valence-electron chi connectivity index (χ1n) is 8.96. The molecule has 3 heterocycles. The third-order valence-electron chi connectivity index (χ3n) is 5.04. The Balaban J connectivity index is 1.41. The minimum absolute atomic E-state index is 0.541. The zero-order valence-corrected chi connectivity index (χ0v) is 14.6. The van der Waals surface area contributed by atoms with Gasteiger partial charge in [0.05, 0.1) is 13.3 Å². The van der Waals surface area contributed by atoms with E-state index in [0.29, 0.717) is 18.0 Å². The second-order valence-electron chi connectivity index (χ2n) is 6.82. The molecule has 1 aliphatic carbocycles. The highest BCUT2D eigenvalue weighted by molar-refractivity contribution is 5.45. The van der Waals surface area contributed by atoms with Crippen LogP contribution in [0.25, 0.3) is 0 Å². The fraction of sp³-hybridized carbons (Fsp3) is 0.556. The molecule has 4 rings (SSSR count). The normalized spacial score (nSPS) is 18.9. The lowest BCUT2D eigenvalue weighted by Gasteiger charge is -2.39. The van der Waals surface area contributed by atoms with E-state index in [4.69, 9.17) is 4.74 Å². The summed E-state index contributed by atoms with van der Waals surface area (Å²) in [4.78, 5) is 13.7. The Morgan fingerprint density at radius 2 is 1.92 bits per heavy atom. The molecule has 0 bridgehead atoms. The topological polar surface area (TPSA) is 67.3 Å². The highest BCUT2D eigenvalue weighted by Crippen LogP contribution is 2.36. The maximum Gasteiger partial charge on any atom is 0.218 e. The zero-order chi connectivity index (χ0) is 17.1. The van der Waals surface area contributed by atoms with Gasteiger partial charge in [-0.3, -0.25) is 4.90 Å². The molecule has 132 valence electrons. The Morgan fingerprint density at radius 1 is 1.12 bits per heavy atom. The molecule has 1 saturated carbocycles. The maximum atomic E-state index is 5.28. The number of anilines is 1. The van der Waals surface area contributed by atoms with Gasteiger partial charge in [-0.1, -0.05) is 0 Å². The van der Waals surface area contributed by atoms with Gasteiger partial charge >= 0.3 is 0 Å². The van der Waals surface area contributed by atoms with Crippen molar-refractivity contribution in [3.63, 3.8) is 0 Å². The van der Waals surface area contributed by atoms with Crippen LogP contribution in [0.5, 0.6) is 5.88 Å². The molecule has 7 heteroatoms. The van der Waals surface area contributed by atoms with E-state index in [0.717, 1.165) is 38.3 Å². The first-order valence-corrected chi connectivity index (χ1v) is 8.96. The lowest BCUT2D eigenvalue weighted by atomic mass is 10.0. The quantitative estimate of drug-likeness (QED) is 0.795. The van der Waals surface area contributed by atoms with E-state index in [9.17, 15) is 0 Å². The molecule has 2 aromatic rings. The van der Waals surface area contributed by atoms with Crippen LogP contribution in [0.15, 0.2) is 30.9 Å². The lowest BCUT2D eigenvalue weighted by molar-refractivity contribution is 0.200. The number of hydrogen-bond acceptors (Lipinski definition) is 7. The van der Waals surface area contributed by atoms with Crippen LogP contribution in [-0.4, -0.2) is 57.3 Å². The number of rotatable bonds is 6. The summed E-state index contributed by atoms with van der Waals surface area (Å²) in [5.74, 6) is 1.64. The van der Waals surface area contributed by atoms with Crippen LogP contribution in [0.4, 0.5) is 5.82 Å². The molecule has 0 amide bonds. The number of hydrogen-bond donors (Lipinski definition) is 0. The summed E-state index contributed by atoms with van der Waals surface area (Å²) in [6.45, 7) is 3.14. The first kappa shape index (κ1) is 16.2. The highest BCUT2D eigenvalue weighted by atomic mass is 16.5. The van der Waals surface area contributed by atoms with Gasteiger partial charge in [0.15, 0.2) is 0 Å². The summed E-state index contributed by atoms with van der Waals surface area (Å²) in [6, 6.07) is 5.18. The SMILES string of the molecule is COc1cc(N(C2CC2)C2CCN(Cc3ccnnc3)CC2)ncn1. The zero-order valence-electron chi connectivity index (χ0n) is 14.6. The number of likely N-dealkylation sites (tertiary alicyclic amines) is 1. The molecular weight excluding hydrogens is 316 g/mol. The van der Waals surface area contributed by atoms with E-state index in [1.54, 1.807) is 19.6 Å². The molecule has 0 atom stereocenters. The van der Waals surface area contributed by atoms with E-state index in [1.165, 1.54) is 18.4 Å². The number of nitrogens with zero attached hydrogens (tertiary/aromatic N) is 6. The highest BCUT2D eigenvalue weighted by Gasteiger charge is 2.36. The monoisotopic (exact) mass is 340 g/mol. The Morgan fingerprint density at radius 3 is 2.60 bits per heavy atom. The molecule has 7 nitrogen and oxygen atoms in total. The molecule has 2 aliphatic rings. The maximum absolute atomic E-state index is 5.28. The van der Waals surface area contributed by atoms with Crippen LogP contribution in [0.1, 0.15) is 31.2 Å². The Kier molecular flexibility index (Phi) is 4.74. The summed E-state index contributed by atoms with van der Waals surface area (Å²) in [5.41, 5.74) is 1.23. The van der Waals surface area contributed by atoms with E-state index in [1.807, 2.05) is 18.3 Å². The van der Waals surface area contributed by atoms with Crippen molar-refractivity contribution in [3.8, 4) is 5.88 Å². The molecule has 0 radical (unpaired) electrons. The molecule has 1 aliphatic heterocycles. The molecule has 0 N–H and O–H groups in total. The number of piperidine rings is 1. The fourth-order valence-electron chi connectivity index (χ4n) is 3.63. The molecule has 2 fully saturated rings. The smallest absolute Gasteiger partial charge is 0.218 e. The van der Waals surface area contributed by atoms with Crippen molar-refractivity contribution >= 4 is 5.82 Å². The predicted octanol–water partition coefficient (Wildman–Crippen LogP) is 1.91. The van der Waals surface area contributed by atoms with Crippen molar-refractivity contribution < 1.29 is 4.74 Å². The average Bonchev–Trinajstić information content (AvgIpc) is 3.49. The number of methoxy groups -OCH3 is 1. The number of ether oxygens (including phenoxy) is 1. The van der Waals surface area contributed by atoms with Crippen LogP contribution in [0, 0.1) is 0 Å². The van der Waals surface area contributed by atoms with Crippen LogP contribution < -0.4 is 9.64 Å². The summed E-state index contributed by atoms with van der Waals surface area (Å²) in [5, 5.41) is 7.82. The summed E-state index contributed by atoms with van der Waals surface area (Å²) in [6.07, 6.45) is 10.1. The lowest BCUT2D eigenvalue weighted by Crippen LogP contribution is -2.46. The molecule has 1 saturated heterocycles. The van der Waals surface area contributed by atoms with Crippen LogP contribution in [0.2, 0.25) is 0 Å². The molecule has 25 heavy (non-hydrogen) atoms. The largest absolute Gasteiger partial charge is 0.481 e. The van der Waals surface area contributed by atoms with Gasteiger partial charge in [0.1, 0.15) is 12.1 Å². The Hall–Kier alpha value is -2.28. The molecule has 2 aromatic heterocycles. The van der Waals surface area contributed by atoms with Crippen molar-refractivity contribution in [2.45, 2.75) is 44.3 Å². The Bertz CT molecular complexity index is 685. The predicted molar refractivity (Wildman–Crippen MR) is 94.4 cm³/mol. The van der Waals surface area contributed by atoms with E-state index >= 15 is 0 Å². The van der Waals surface area contributed by atoms with Gasteiger partial charge in [0, 0.05) is 44.0 Å². The third-order valence-corrected chi connectivity index (χ3v) is 5.04. The van der Waals surface area contributed by atoms with Crippen LogP contribution >= 0.6 is 0 Å². The first-order chi connectivity index (χ1) is 12.3. The molecule has 0 aromatic carbocycles. The average molecular weight is 340 g/mol. The number of aromatic nitrogens is 4. The van der Waals surface area contributed by atoms with Gasteiger partial charge < -0.3 is 9.64 Å². The van der Waals surface area contributed by atoms with E-state index < -0.39 is 0 Å². The summed E-state index contributed by atoms with van der Waals surface area (Å²) < 4.78 is 5.28. The van der Waals surface area contributed by atoms with Crippen molar-refractivity contribution in [2.24, 2.45) is 0 Å². The van der Waals surface area contributed by atoms with Gasteiger partial charge in [-0.15, -0.1) is 0 Å².